The zero-order valence-corrected chi connectivity index (χ0v) is 9.45. The van der Waals surface area contributed by atoms with E-state index >= 15 is 0 Å². The maximum absolute atomic E-state index is 11.5. The van der Waals surface area contributed by atoms with E-state index in [1.54, 1.807) is 6.07 Å². The van der Waals surface area contributed by atoms with Crippen LogP contribution in [0, 0.1) is 6.92 Å². The minimum absolute atomic E-state index is 0.213. The van der Waals surface area contributed by atoms with Gasteiger partial charge in [-0.3, -0.25) is 0 Å². The van der Waals surface area contributed by atoms with E-state index < -0.39 is 0 Å². The van der Waals surface area contributed by atoms with Gasteiger partial charge in [0, 0.05) is 0 Å². The van der Waals surface area contributed by atoms with Crippen molar-refractivity contribution in [3.8, 4) is 0 Å². The summed E-state index contributed by atoms with van der Waals surface area (Å²) in [5.74, 6) is -0.213. The molecule has 0 saturated heterocycles. The lowest BCUT2D eigenvalue weighted by Crippen LogP contribution is -2.06. The number of unbranched alkanes of at least 4 members (excludes halogenated alkanes) is 2. The summed E-state index contributed by atoms with van der Waals surface area (Å²) < 4.78 is 5.15. The van der Waals surface area contributed by atoms with E-state index in [0.29, 0.717) is 12.2 Å². The molecule has 0 unspecified atom stereocenters. The van der Waals surface area contributed by atoms with Crippen molar-refractivity contribution in [3.63, 3.8) is 0 Å². The van der Waals surface area contributed by atoms with Gasteiger partial charge in [0.2, 0.25) is 0 Å². The van der Waals surface area contributed by atoms with Gasteiger partial charge >= 0.3 is 5.97 Å². The summed E-state index contributed by atoms with van der Waals surface area (Å²) in [6.45, 7) is 4.62. The van der Waals surface area contributed by atoms with Gasteiger partial charge in [0.1, 0.15) is 0 Å². The molecule has 0 fully saturated rings. The van der Waals surface area contributed by atoms with Crippen molar-refractivity contribution < 1.29 is 9.53 Å². The average Bonchev–Trinajstić information content (AvgIpc) is 2.24. The molecule has 0 aliphatic rings. The molecular formula is C13H18O2. The molecule has 0 N–H and O–H groups in total. The highest BCUT2D eigenvalue weighted by atomic mass is 16.5. The van der Waals surface area contributed by atoms with E-state index in [1.165, 1.54) is 0 Å². The lowest BCUT2D eigenvalue weighted by atomic mass is 10.1. The lowest BCUT2D eigenvalue weighted by molar-refractivity contribution is 0.0498. The van der Waals surface area contributed by atoms with Crippen LogP contribution in [0.4, 0.5) is 0 Å². The minimum Gasteiger partial charge on any atom is -0.462 e. The highest BCUT2D eigenvalue weighted by molar-refractivity contribution is 5.89. The van der Waals surface area contributed by atoms with Gasteiger partial charge in [0.05, 0.1) is 12.2 Å². The smallest absolute Gasteiger partial charge is 0.338 e. The van der Waals surface area contributed by atoms with Gasteiger partial charge in [-0.2, -0.15) is 0 Å². The molecule has 1 rings (SSSR count). The zero-order chi connectivity index (χ0) is 11.1. The van der Waals surface area contributed by atoms with Crippen LogP contribution in [-0.2, 0) is 4.74 Å². The third-order valence-electron chi connectivity index (χ3n) is 2.23. The predicted molar refractivity (Wildman–Crippen MR) is 61.0 cm³/mol. The molecule has 0 heterocycles. The Bertz CT molecular complexity index is 318. The molecule has 0 aliphatic carbocycles. The Kier molecular flexibility index (Phi) is 4.88. The molecule has 82 valence electrons. The number of ether oxygens (including phenoxy) is 1. The van der Waals surface area contributed by atoms with Gasteiger partial charge in [-0.1, -0.05) is 37.5 Å². The molecule has 1 aromatic rings. The first kappa shape index (κ1) is 11.8. The van der Waals surface area contributed by atoms with Crippen LogP contribution in [0.5, 0.6) is 0 Å². The molecule has 0 aromatic heterocycles. The standard InChI is InChI=1S/C13H18O2/c1-3-4-5-9-15-13(14)12-8-6-7-11(2)10-12/h6-8,10H,3-5,9H2,1-2H3. The Balaban J connectivity index is 2.40. The first-order valence-electron chi connectivity index (χ1n) is 5.48. The first-order valence-corrected chi connectivity index (χ1v) is 5.48. The second-order valence-electron chi connectivity index (χ2n) is 3.71. The summed E-state index contributed by atoms with van der Waals surface area (Å²) in [5.41, 5.74) is 1.73. The molecule has 0 radical (unpaired) electrons. The van der Waals surface area contributed by atoms with Crippen LogP contribution >= 0.6 is 0 Å². The summed E-state index contributed by atoms with van der Waals surface area (Å²) in [4.78, 5) is 11.5. The van der Waals surface area contributed by atoms with E-state index in [9.17, 15) is 4.79 Å². The Morgan fingerprint density at radius 1 is 1.33 bits per heavy atom. The summed E-state index contributed by atoms with van der Waals surface area (Å²) in [6, 6.07) is 7.48. The van der Waals surface area contributed by atoms with Crippen LogP contribution < -0.4 is 0 Å². The number of benzene rings is 1. The molecule has 15 heavy (non-hydrogen) atoms. The summed E-state index contributed by atoms with van der Waals surface area (Å²) in [5, 5.41) is 0. The predicted octanol–water partition coefficient (Wildman–Crippen LogP) is 3.34. The maximum atomic E-state index is 11.5. The monoisotopic (exact) mass is 206 g/mol. The van der Waals surface area contributed by atoms with E-state index in [1.807, 2.05) is 25.1 Å². The van der Waals surface area contributed by atoms with Crippen molar-refractivity contribution in [2.24, 2.45) is 0 Å². The second-order valence-corrected chi connectivity index (χ2v) is 3.71. The number of aryl methyl sites for hydroxylation is 1. The van der Waals surface area contributed by atoms with Gasteiger partial charge in [-0.15, -0.1) is 0 Å². The van der Waals surface area contributed by atoms with Crippen molar-refractivity contribution >= 4 is 5.97 Å². The zero-order valence-electron chi connectivity index (χ0n) is 9.45. The molecule has 0 spiro atoms. The third kappa shape index (κ3) is 4.15. The molecule has 0 amide bonds. The van der Waals surface area contributed by atoms with Crippen LogP contribution in [0.25, 0.3) is 0 Å². The van der Waals surface area contributed by atoms with Gasteiger partial charge in [-0.05, 0) is 25.5 Å². The van der Waals surface area contributed by atoms with Crippen LogP contribution in [0.3, 0.4) is 0 Å². The average molecular weight is 206 g/mol. The molecule has 0 aliphatic heterocycles. The SMILES string of the molecule is CCCCCOC(=O)c1cccc(C)c1. The number of hydrogen-bond acceptors (Lipinski definition) is 2. The fraction of sp³-hybridized carbons (Fsp3) is 0.462. The number of esters is 1. The van der Waals surface area contributed by atoms with Crippen molar-refractivity contribution in [2.75, 3.05) is 6.61 Å². The quantitative estimate of drug-likeness (QED) is 0.545. The summed E-state index contributed by atoms with van der Waals surface area (Å²) in [6.07, 6.45) is 3.21. The first-order chi connectivity index (χ1) is 7.24. The Morgan fingerprint density at radius 2 is 2.13 bits per heavy atom. The molecule has 0 atom stereocenters. The van der Waals surface area contributed by atoms with Gasteiger partial charge < -0.3 is 4.74 Å². The van der Waals surface area contributed by atoms with Crippen molar-refractivity contribution in [1.29, 1.82) is 0 Å². The maximum Gasteiger partial charge on any atom is 0.338 e. The van der Waals surface area contributed by atoms with E-state index in [2.05, 4.69) is 6.92 Å². The number of carbonyl (C=O) groups is 1. The van der Waals surface area contributed by atoms with Crippen LogP contribution in [-0.4, -0.2) is 12.6 Å². The van der Waals surface area contributed by atoms with Gasteiger partial charge in [-0.25, -0.2) is 4.79 Å². The van der Waals surface area contributed by atoms with Gasteiger partial charge in [0.25, 0.3) is 0 Å². The Morgan fingerprint density at radius 3 is 2.80 bits per heavy atom. The third-order valence-corrected chi connectivity index (χ3v) is 2.23. The van der Waals surface area contributed by atoms with E-state index in [-0.39, 0.29) is 5.97 Å². The van der Waals surface area contributed by atoms with Crippen LogP contribution in [0.15, 0.2) is 24.3 Å². The molecule has 1 aromatic carbocycles. The molecular weight excluding hydrogens is 188 g/mol. The topological polar surface area (TPSA) is 26.3 Å². The fourth-order valence-electron chi connectivity index (χ4n) is 1.37. The van der Waals surface area contributed by atoms with E-state index in [0.717, 1.165) is 24.8 Å². The highest BCUT2D eigenvalue weighted by Gasteiger charge is 2.05. The molecule has 2 nitrogen and oxygen atoms in total. The minimum atomic E-state index is -0.213. The van der Waals surface area contributed by atoms with Crippen LogP contribution in [0.2, 0.25) is 0 Å². The van der Waals surface area contributed by atoms with Crippen molar-refractivity contribution in [1.82, 2.24) is 0 Å². The lowest BCUT2D eigenvalue weighted by Gasteiger charge is -2.04. The molecule has 0 saturated carbocycles. The molecule has 2 heteroatoms. The largest absolute Gasteiger partial charge is 0.462 e. The van der Waals surface area contributed by atoms with Crippen molar-refractivity contribution in [3.05, 3.63) is 35.4 Å². The normalized spacial score (nSPS) is 10.0. The molecule has 0 bridgehead atoms. The van der Waals surface area contributed by atoms with Gasteiger partial charge in [0.15, 0.2) is 0 Å². The summed E-state index contributed by atoms with van der Waals surface area (Å²) in [7, 11) is 0. The van der Waals surface area contributed by atoms with Crippen molar-refractivity contribution in [2.45, 2.75) is 33.1 Å². The van der Waals surface area contributed by atoms with E-state index in [4.69, 9.17) is 4.74 Å². The second kappa shape index (κ2) is 6.23. The Hall–Kier alpha value is -1.31. The number of rotatable bonds is 5. The fourth-order valence-corrected chi connectivity index (χ4v) is 1.37. The number of carbonyl (C=O) groups excluding carboxylic acids is 1. The van der Waals surface area contributed by atoms with Crippen LogP contribution in [0.1, 0.15) is 42.1 Å². The number of hydrogen-bond donors (Lipinski definition) is 0. The Labute approximate surface area is 91.3 Å². The summed E-state index contributed by atoms with van der Waals surface area (Å²) >= 11 is 0. The highest BCUT2D eigenvalue weighted by Crippen LogP contribution is 2.06.